The number of rotatable bonds is 8. The van der Waals surface area contributed by atoms with Crippen molar-refractivity contribution in [2.75, 3.05) is 33.1 Å². The van der Waals surface area contributed by atoms with E-state index in [2.05, 4.69) is 5.32 Å². The van der Waals surface area contributed by atoms with Crippen LogP contribution in [0.5, 0.6) is 11.5 Å². The number of likely N-dealkylation sites (N-methyl/N-ethyl adjacent to an activating group) is 1. The minimum Gasteiger partial charge on any atom is -0.496 e. The van der Waals surface area contributed by atoms with Crippen LogP contribution in [0.25, 0.3) is 0 Å². The highest BCUT2D eigenvalue weighted by Gasteiger charge is 2.35. The summed E-state index contributed by atoms with van der Waals surface area (Å²) < 4.78 is 10.8. The van der Waals surface area contributed by atoms with Crippen molar-refractivity contribution in [1.82, 2.24) is 9.80 Å². The van der Waals surface area contributed by atoms with E-state index in [1.807, 2.05) is 0 Å². The van der Waals surface area contributed by atoms with E-state index in [1.165, 1.54) is 12.0 Å². The third-order valence-corrected chi connectivity index (χ3v) is 5.70. The lowest BCUT2D eigenvalue weighted by atomic mass is 10.1. The third kappa shape index (κ3) is 5.05. The van der Waals surface area contributed by atoms with Gasteiger partial charge in [-0.3, -0.25) is 24.1 Å². The van der Waals surface area contributed by atoms with E-state index in [1.54, 1.807) is 80.8 Å². The largest absolute Gasteiger partial charge is 0.496 e. The second-order valence-corrected chi connectivity index (χ2v) is 8.33. The van der Waals surface area contributed by atoms with Gasteiger partial charge in [0.25, 0.3) is 23.6 Å². The van der Waals surface area contributed by atoms with Gasteiger partial charge in [-0.25, -0.2) is 0 Å². The van der Waals surface area contributed by atoms with E-state index >= 15 is 0 Å². The minimum absolute atomic E-state index is 0.0221. The summed E-state index contributed by atoms with van der Waals surface area (Å²) in [6.45, 7) is -0.0654. The molecule has 9 heteroatoms. The summed E-state index contributed by atoms with van der Waals surface area (Å²) >= 11 is 0. The Morgan fingerprint density at radius 2 is 1.56 bits per heavy atom. The highest BCUT2D eigenvalue weighted by molar-refractivity contribution is 6.21. The van der Waals surface area contributed by atoms with Crippen molar-refractivity contribution in [2.24, 2.45) is 0 Å². The smallest absolute Gasteiger partial charge is 0.261 e. The van der Waals surface area contributed by atoms with Gasteiger partial charge in [0.15, 0.2) is 6.61 Å². The van der Waals surface area contributed by atoms with Crippen LogP contribution in [-0.2, 0) is 11.3 Å². The molecule has 1 aliphatic heterocycles. The van der Waals surface area contributed by atoms with Gasteiger partial charge in [-0.15, -0.1) is 0 Å². The number of hydrogen-bond donors (Lipinski definition) is 1. The molecule has 0 aliphatic carbocycles. The summed E-state index contributed by atoms with van der Waals surface area (Å²) in [5, 5.41) is 2.80. The van der Waals surface area contributed by atoms with E-state index in [-0.39, 0.29) is 36.4 Å². The van der Waals surface area contributed by atoms with Crippen LogP contribution in [0, 0.1) is 0 Å². The fourth-order valence-electron chi connectivity index (χ4n) is 3.70. The molecule has 36 heavy (non-hydrogen) atoms. The molecule has 1 N–H and O–H groups in total. The lowest BCUT2D eigenvalue weighted by Crippen LogP contribution is -2.29. The first kappa shape index (κ1) is 24.5. The van der Waals surface area contributed by atoms with Crippen molar-refractivity contribution in [3.05, 3.63) is 89.0 Å². The Balaban J connectivity index is 1.46. The van der Waals surface area contributed by atoms with Gasteiger partial charge in [-0.05, 0) is 54.1 Å². The molecule has 1 heterocycles. The predicted octanol–water partition coefficient (Wildman–Crippen LogP) is 3.21. The number of nitrogens with one attached hydrogen (secondary N) is 1. The number of fused-ring (bicyclic) bond motifs is 1. The zero-order valence-electron chi connectivity index (χ0n) is 20.1. The van der Waals surface area contributed by atoms with Gasteiger partial charge in [-0.1, -0.05) is 18.2 Å². The van der Waals surface area contributed by atoms with Crippen molar-refractivity contribution >= 4 is 29.3 Å². The topological polar surface area (TPSA) is 105 Å². The average molecular weight is 488 g/mol. The summed E-state index contributed by atoms with van der Waals surface area (Å²) in [5.41, 5.74) is 2.10. The van der Waals surface area contributed by atoms with Crippen molar-refractivity contribution in [3.63, 3.8) is 0 Å². The average Bonchev–Trinajstić information content (AvgIpc) is 3.12. The zero-order chi connectivity index (χ0) is 25.8. The van der Waals surface area contributed by atoms with Gasteiger partial charge in [-0.2, -0.15) is 0 Å². The monoisotopic (exact) mass is 487 g/mol. The van der Waals surface area contributed by atoms with Crippen LogP contribution in [0.15, 0.2) is 66.7 Å². The maximum atomic E-state index is 13.0. The summed E-state index contributed by atoms with van der Waals surface area (Å²) in [6, 6.07) is 18.2. The quantitative estimate of drug-likeness (QED) is 0.489. The second-order valence-electron chi connectivity index (χ2n) is 8.33. The molecule has 4 rings (SSSR count). The maximum Gasteiger partial charge on any atom is 0.261 e. The molecular weight excluding hydrogens is 462 g/mol. The molecule has 0 aromatic heterocycles. The molecule has 1 aliphatic rings. The normalized spacial score (nSPS) is 12.2. The van der Waals surface area contributed by atoms with Gasteiger partial charge < -0.3 is 19.7 Å². The van der Waals surface area contributed by atoms with Crippen LogP contribution in [0.3, 0.4) is 0 Å². The number of imide groups is 1. The molecule has 0 fully saturated rings. The van der Waals surface area contributed by atoms with E-state index in [9.17, 15) is 19.2 Å². The molecule has 3 aromatic rings. The van der Waals surface area contributed by atoms with E-state index in [4.69, 9.17) is 9.47 Å². The van der Waals surface area contributed by atoms with Crippen LogP contribution in [-0.4, -0.2) is 61.2 Å². The molecule has 0 saturated carbocycles. The van der Waals surface area contributed by atoms with Gasteiger partial charge in [0.05, 0.1) is 30.3 Å². The summed E-state index contributed by atoms with van der Waals surface area (Å²) in [6.07, 6.45) is 0. The minimum atomic E-state index is -0.424. The summed E-state index contributed by atoms with van der Waals surface area (Å²) in [7, 11) is 4.75. The van der Waals surface area contributed by atoms with Crippen LogP contribution < -0.4 is 14.8 Å². The van der Waals surface area contributed by atoms with Gasteiger partial charge >= 0.3 is 0 Å². The standard InChI is InChI=1S/C27H25N3O6/c1-29(2)24(31)16-36-19-11-9-18(10-12-19)28-25(32)22-14-17(8-13-23(22)35-3)15-30-26(33)20-6-4-5-7-21(20)27(30)34/h4-14H,15-16H2,1-3H3,(H,28,32). The molecule has 9 nitrogen and oxygen atoms in total. The zero-order valence-corrected chi connectivity index (χ0v) is 20.1. The Kier molecular flexibility index (Phi) is 7.00. The first-order valence-corrected chi connectivity index (χ1v) is 11.1. The van der Waals surface area contributed by atoms with Crippen LogP contribution in [0.1, 0.15) is 36.6 Å². The Morgan fingerprint density at radius 1 is 0.917 bits per heavy atom. The van der Waals surface area contributed by atoms with E-state index < -0.39 is 5.91 Å². The number of hydrogen-bond acceptors (Lipinski definition) is 6. The van der Waals surface area contributed by atoms with Crippen LogP contribution in [0.4, 0.5) is 5.69 Å². The summed E-state index contributed by atoms with van der Waals surface area (Å²) in [4.78, 5) is 52.7. The van der Waals surface area contributed by atoms with Gasteiger partial charge in [0, 0.05) is 19.8 Å². The molecule has 0 atom stereocenters. The molecule has 0 unspecified atom stereocenters. The first-order valence-electron chi connectivity index (χ1n) is 11.1. The fourth-order valence-corrected chi connectivity index (χ4v) is 3.70. The van der Waals surface area contributed by atoms with Crippen molar-refractivity contribution < 1.29 is 28.7 Å². The third-order valence-electron chi connectivity index (χ3n) is 5.70. The number of anilines is 1. The number of carbonyl (C=O) groups excluding carboxylic acids is 4. The van der Waals surface area contributed by atoms with Gasteiger partial charge in [0.2, 0.25) is 0 Å². The number of ether oxygens (including phenoxy) is 2. The first-order chi connectivity index (χ1) is 17.3. The SMILES string of the molecule is COc1ccc(CN2C(=O)c3ccccc3C2=O)cc1C(=O)Nc1ccc(OCC(=O)N(C)C)cc1. The Labute approximate surface area is 208 Å². The number of carbonyl (C=O) groups is 4. The van der Waals surface area contributed by atoms with Crippen molar-refractivity contribution in [1.29, 1.82) is 0 Å². The molecule has 184 valence electrons. The molecule has 0 bridgehead atoms. The van der Waals surface area contributed by atoms with Crippen LogP contribution >= 0.6 is 0 Å². The maximum absolute atomic E-state index is 13.0. The highest BCUT2D eigenvalue weighted by atomic mass is 16.5. The number of amides is 4. The van der Waals surface area contributed by atoms with Crippen molar-refractivity contribution in [3.8, 4) is 11.5 Å². The number of methoxy groups -OCH3 is 1. The lowest BCUT2D eigenvalue weighted by molar-refractivity contribution is -0.130. The highest BCUT2D eigenvalue weighted by Crippen LogP contribution is 2.27. The number of benzene rings is 3. The molecular formula is C27H25N3O6. The second kappa shape index (κ2) is 10.3. The van der Waals surface area contributed by atoms with E-state index in [0.717, 1.165) is 4.90 Å². The van der Waals surface area contributed by atoms with Crippen LogP contribution in [0.2, 0.25) is 0 Å². The predicted molar refractivity (Wildman–Crippen MR) is 132 cm³/mol. The van der Waals surface area contributed by atoms with E-state index in [0.29, 0.717) is 33.9 Å². The molecule has 0 saturated heterocycles. The summed E-state index contributed by atoms with van der Waals surface area (Å²) in [5.74, 6) is -0.489. The number of nitrogens with zero attached hydrogens (tertiary/aromatic N) is 2. The molecule has 0 spiro atoms. The molecule has 3 aromatic carbocycles. The van der Waals surface area contributed by atoms with Gasteiger partial charge in [0.1, 0.15) is 11.5 Å². The van der Waals surface area contributed by atoms with Crippen molar-refractivity contribution in [2.45, 2.75) is 6.54 Å². The lowest BCUT2D eigenvalue weighted by Gasteiger charge is -2.16. The molecule has 0 radical (unpaired) electrons. The Hall–Kier alpha value is -4.66. The fraction of sp³-hybridized carbons (Fsp3) is 0.185. The molecule has 4 amide bonds. The Bertz CT molecular complexity index is 1300. The Morgan fingerprint density at radius 3 is 2.14 bits per heavy atom.